The first-order valence-corrected chi connectivity index (χ1v) is 8.14. The van der Waals surface area contributed by atoms with Crippen molar-refractivity contribution in [3.8, 4) is 0 Å². The first-order chi connectivity index (χ1) is 8.62. The number of hydrogen-bond donors (Lipinski definition) is 2. The van der Waals surface area contributed by atoms with Crippen LogP contribution < -0.4 is 11.1 Å². The summed E-state index contributed by atoms with van der Waals surface area (Å²) in [6, 6.07) is 0.805. The van der Waals surface area contributed by atoms with Crippen LogP contribution in [0.15, 0.2) is 0 Å². The van der Waals surface area contributed by atoms with E-state index in [9.17, 15) is 0 Å². The average molecular weight is 248 g/mol. The molecule has 0 aromatic heterocycles. The van der Waals surface area contributed by atoms with Crippen LogP contribution in [-0.4, -0.2) is 18.1 Å². The van der Waals surface area contributed by atoms with E-state index in [0.717, 1.165) is 42.2 Å². The lowest BCUT2D eigenvalue weighted by atomic mass is 9.54. The molecule has 4 bridgehead atoms. The topological polar surface area (TPSA) is 38.0 Å². The fourth-order valence-electron chi connectivity index (χ4n) is 5.48. The molecule has 0 saturated heterocycles. The number of nitrogens with one attached hydrogen (secondary N) is 1. The molecule has 2 nitrogen and oxygen atoms in total. The summed E-state index contributed by atoms with van der Waals surface area (Å²) in [4.78, 5) is 0. The van der Waals surface area contributed by atoms with Crippen molar-refractivity contribution in [2.45, 2.75) is 63.5 Å². The first kappa shape index (κ1) is 11.7. The Kier molecular flexibility index (Phi) is 2.58. The fourth-order valence-corrected chi connectivity index (χ4v) is 5.48. The van der Waals surface area contributed by atoms with Crippen molar-refractivity contribution in [3.63, 3.8) is 0 Å². The smallest absolute Gasteiger partial charge is 0.0280 e. The Balaban J connectivity index is 1.40. The molecular formula is C16H28N2. The van der Waals surface area contributed by atoms with Gasteiger partial charge in [-0.2, -0.15) is 0 Å². The van der Waals surface area contributed by atoms with Crippen LogP contribution in [0.2, 0.25) is 0 Å². The van der Waals surface area contributed by atoms with E-state index in [1.807, 2.05) is 0 Å². The quantitative estimate of drug-likeness (QED) is 0.802. The summed E-state index contributed by atoms with van der Waals surface area (Å²) in [6.45, 7) is 3.30. The summed E-state index contributed by atoms with van der Waals surface area (Å²) in [5.41, 5.74) is 6.51. The molecule has 5 aliphatic rings. The molecule has 5 saturated carbocycles. The van der Waals surface area contributed by atoms with E-state index in [1.54, 1.807) is 6.42 Å². The van der Waals surface area contributed by atoms with Gasteiger partial charge in [-0.1, -0.05) is 0 Å². The first-order valence-electron chi connectivity index (χ1n) is 8.14. The number of rotatable bonds is 4. The largest absolute Gasteiger partial charge is 0.324 e. The van der Waals surface area contributed by atoms with Crippen LogP contribution in [0.3, 0.4) is 0 Å². The minimum Gasteiger partial charge on any atom is -0.324 e. The van der Waals surface area contributed by atoms with Gasteiger partial charge in [0.05, 0.1) is 0 Å². The summed E-state index contributed by atoms with van der Waals surface area (Å²) < 4.78 is 0. The summed E-state index contributed by atoms with van der Waals surface area (Å²) in [5.74, 6) is 4.92. The van der Waals surface area contributed by atoms with Gasteiger partial charge in [0.1, 0.15) is 0 Å². The second-order valence-electron chi connectivity index (χ2n) is 8.12. The maximum absolute atomic E-state index is 6.46. The molecule has 0 aliphatic heterocycles. The Morgan fingerprint density at radius 3 is 2.06 bits per heavy atom. The van der Waals surface area contributed by atoms with E-state index >= 15 is 0 Å². The van der Waals surface area contributed by atoms with Crippen molar-refractivity contribution in [1.82, 2.24) is 5.32 Å². The lowest BCUT2D eigenvalue weighted by Crippen LogP contribution is -2.58. The number of nitrogens with two attached hydrogens (primary N) is 1. The Morgan fingerprint density at radius 1 is 1.00 bits per heavy atom. The van der Waals surface area contributed by atoms with Gasteiger partial charge in [0, 0.05) is 18.1 Å². The van der Waals surface area contributed by atoms with Crippen LogP contribution in [0.5, 0.6) is 0 Å². The molecule has 2 heteroatoms. The molecule has 3 N–H and O–H groups in total. The predicted molar refractivity (Wildman–Crippen MR) is 74.2 cm³/mol. The van der Waals surface area contributed by atoms with Crippen molar-refractivity contribution in [3.05, 3.63) is 0 Å². The highest BCUT2D eigenvalue weighted by Crippen LogP contribution is 2.53. The standard InChI is InChI=1S/C16H28N2/c1-16(17,14-2-3-14)9-18-15-12-5-10-4-11(7-12)8-13(15)6-10/h10-15,18H,2-9,17H2,1H3. The van der Waals surface area contributed by atoms with Gasteiger partial charge in [-0.3, -0.25) is 0 Å². The summed E-state index contributed by atoms with van der Waals surface area (Å²) in [5, 5.41) is 3.90. The summed E-state index contributed by atoms with van der Waals surface area (Å²) in [7, 11) is 0. The minimum absolute atomic E-state index is 0.0503. The Morgan fingerprint density at radius 2 is 1.56 bits per heavy atom. The van der Waals surface area contributed by atoms with E-state index in [-0.39, 0.29) is 5.54 Å². The van der Waals surface area contributed by atoms with Crippen LogP contribution in [0.25, 0.3) is 0 Å². The molecule has 5 rings (SSSR count). The normalized spacial score (nSPS) is 49.3. The van der Waals surface area contributed by atoms with Gasteiger partial charge < -0.3 is 11.1 Å². The molecule has 0 radical (unpaired) electrons. The molecule has 5 aliphatic carbocycles. The Bertz CT molecular complexity index is 304. The molecular weight excluding hydrogens is 220 g/mol. The lowest BCUT2D eigenvalue weighted by Gasteiger charge is -2.55. The highest BCUT2D eigenvalue weighted by Gasteiger charge is 2.48. The zero-order valence-electron chi connectivity index (χ0n) is 11.7. The van der Waals surface area contributed by atoms with E-state index < -0.39 is 0 Å². The molecule has 0 aromatic carbocycles. The molecule has 5 fully saturated rings. The van der Waals surface area contributed by atoms with E-state index in [2.05, 4.69) is 12.2 Å². The van der Waals surface area contributed by atoms with Gasteiger partial charge in [0.25, 0.3) is 0 Å². The zero-order chi connectivity index (χ0) is 12.3. The van der Waals surface area contributed by atoms with Gasteiger partial charge in [0.15, 0.2) is 0 Å². The average Bonchev–Trinajstić information content (AvgIpc) is 3.10. The van der Waals surface area contributed by atoms with Crippen molar-refractivity contribution in [1.29, 1.82) is 0 Å². The van der Waals surface area contributed by atoms with Gasteiger partial charge in [-0.15, -0.1) is 0 Å². The Labute approximate surface area is 111 Å². The van der Waals surface area contributed by atoms with Gasteiger partial charge >= 0.3 is 0 Å². The Hall–Kier alpha value is -0.0800. The third-order valence-electron chi connectivity index (χ3n) is 6.46. The van der Waals surface area contributed by atoms with Crippen LogP contribution in [-0.2, 0) is 0 Å². The third-order valence-corrected chi connectivity index (χ3v) is 6.46. The van der Waals surface area contributed by atoms with Crippen LogP contribution >= 0.6 is 0 Å². The van der Waals surface area contributed by atoms with Crippen LogP contribution in [0, 0.1) is 29.6 Å². The van der Waals surface area contributed by atoms with E-state index in [4.69, 9.17) is 5.73 Å². The predicted octanol–water partition coefficient (Wildman–Crippen LogP) is 2.53. The van der Waals surface area contributed by atoms with Crippen molar-refractivity contribution >= 4 is 0 Å². The highest BCUT2D eigenvalue weighted by molar-refractivity contribution is 5.03. The van der Waals surface area contributed by atoms with Gasteiger partial charge in [-0.25, -0.2) is 0 Å². The molecule has 0 aromatic rings. The monoisotopic (exact) mass is 248 g/mol. The fraction of sp³-hybridized carbons (Fsp3) is 1.00. The number of hydrogen-bond acceptors (Lipinski definition) is 2. The molecule has 0 spiro atoms. The van der Waals surface area contributed by atoms with Gasteiger partial charge in [0.2, 0.25) is 0 Å². The minimum atomic E-state index is 0.0503. The molecule has 18 heavy (non-hydrogen) atoms. The van der Waals surface area contributed by atoms with Crippen molar-refractivity contribution < 1.29 is 0 Å². The molecule has 0 heterocycles. The van der Waals surface area contributed by atoms with E-state index in [1.165, 1.54) is 38.5 Å². The SMILES string of the molecule is CC(N)(CNC1C2CC3CC(C2)CC1C3)C1CC1. The van der Waals surface area contributed by atoms with E-state index in [0.29, 0.717) is 0 Å². The second-order valence-corrected chi connectivity index (χ2v) is 8.12. The van der Waals surface area contributed by atoms with Crippen molar-refractivity contribution in [2.75, 3.05) is 6.54 Å². The molecule has 0 amide bonds. The molecule has 1 unspecified atom stereocenters. The molecule has 102 valence electrons. The lowest BCUT2D eigenvalue weighted by molar-refractivity contribution is -0.0154. The maximum Gasteiger partial charge on any atom is 0.0280 e. The maximum atomic E-state index is 6.46. The van der Waals surface area contributed by atoms with Crippen LogP contribution in [0.1, 0.15) is 51.9 Å². The van der Waals surface area contributed by atoms with Crippen molar-refractivity contribution in [2.24, 2.45) is 35.3 Å². The highest BCUT2D eigenvalue weighted by atomic mass is 15.0. The summed E-state index contributed by atoms with van der Waals surface area (Å²) in [6.07, 6.45) is 10.3. The molecule has 1 atom stereocenters. The zero-order valence-corrected chi connectivity index (χ0v) is 11.7. The third kappa shape index (κ3) is 1.92. The summed E-state index contributed by atoms with van der Waals surface area (Å²) >= 11 is 0. The second kappa shape index (κ2) is 3.96. The van der Waals surface area contributed by atoms with Crippen LogP contribution in [0.4, 0.5) is 0 Å². The van der Waals surface area contributed by atoms with Gasteiger partial charge in [-0.05, 0) is 81.5 Å².